The van der Waals surface area contributed by atoms with Gasteiger partial charge in [0.05, 0.1) is 11.8 Å². The second kappa shape index (κ2) is 8.27. The zero-order chi connectivity index (χ0) is 17.6. The van der Waals surface area contributed by atoms with Crippen molar-refractivity contribution in [2.45, 2.75) is 19.4 Å². The number of carbonyl (C=O) groups excluding carboxylic acids is 1. The number of aromatic nitrogens is 2. The Morgan fingerprint density at radius 2 is 2.12 bits per heavy atom. The molecule has 0 radical (unpaired) electrons. The molecular formula is C19H27N5O. The fraction of sp³-hybridized carbons (Fsp3) is 0.474. The minimum absolute atomic E-state index is 0.0516. The number of piperazine rings is 1. The molecule has 1 aliphatic heterocycles. The van der Waals surface area contributed by atoms with Gasteiger partial charge in [-0.3, -0.25) is 14.8 Å². The Kier molecular flexibility index (Phi) is 5.83. The van der Waals surface area contributed by atoms with Crippen molar-refractivity contribution >= 4 is 5.91 Å². The molecule has 2 aromatic rings. The lowest BCUT2D eigenvalue weighted by Gasteiger charge is -2.40. The van der Waals surface area contributed by atoms with Crippen molar-refractivity contribution in [1.82, 2.24) is 25.3 Å². The lowest BCUT2D eigenvalue weighted by Crippen LogP contribution is -2.47. The average molecular weight is 341 g/mol. The fourth-order valence-corrected chi connectivity index (χ4v) is 3.37. The van der Waals surface area contributed by atoms with Crippen LogP contribution < -0.4 is 5.32 Å². The highest BCUT2D eigenvalue weighted by molar-refractivity contribution is 5.94. The molecule has 0 spiro atoms. The first-order chi connectivity index (χ1) is 12.1. The van der Waals surface area contributed by atoms with E-state index in [1.165, 1.54) is 5.56 Å². The Bertz CT molecular complexity index is 684. The SMILES string of the molecule is Cc1[nH]ncc1C(=O)NCCCN1CCN(C)C[C@@H]1c1ccccc1. The summed E-state index contributed by atoms with van der Waals surface area (Å²) in [6.45, 7) is 6.71. The van der Waals surface area contributed by atoms with Gasteiger partial charge in [-0.2, -0.15) is 5.10 Å². The Labute approximate surface area is 149 Å². The number of hydrogen-bond acceptors (Lipinski definition) is 4. The van der Waals surface area contributed by atoms with Crippen LogP contribution in [0.1, 0.15) is 34.1 Å². The van der Waals surface area contributed by atoms with E-state index in [-0.39, 0.29) is 5.91 Å². The molecule has 0 bridgehead atoms. The van der Waals surface area contributed by atoms with Gasteiger partial charge in [-0.05, 0) is 26.0 Å². The second-order valence-corrected chi connectivity index (χ2v) is 6.74. The zero-order valence-corrected chi connectivity index (χ0v) is 15.0. The molecule has 1 aromatic heterocycles. The Balaban J connectivity index is 1.51. The van der Waals surface area contributed by atoms with Crippen molar-refractivity contribution in [2.24, 2.45) is 0 Å². The van der Waals surface area contributed by atoms with E-state index in [2.05, 4.69) is 62.7 Å². The summed E-state index contributed by atoms with van der Waals surface area (Å²) in [5.74, 6) is -0.0516. The molecule has 1 atom stereocenters. The van der Waals surface area contributed by atoms with Gasteiger partial charge in [0.2, 0.25) is 0 Å². The molecule has 0 unspecified atom stereocenters. The van der Waals surface area contributed by atoms with Crippen LogP contribution in [0.5, 0.6) is 0 Å². The van der Waals surface area contributed by atoms with Gasteiger partial charge in [-0.25, -0.2) is 0 Å². The number of amides is 1. The molecule has 1 aromatic carbocycles. The van der Waals surface area contributed by atoms with Crippen molar-refractivity contribution < 1.29 is 4.79 Å². The van der Waals surface area contributed by atoms with Crippen molar-refractivity contribution in [1.29, 1.82) is 0 Å². The van der Waals surface area contributed by atoms with Crippen molar-refractivity contribution in [3.63, 3.8) is 0 Å². The molecule has 2 N–H and O–H groups in total. The first-order valence-corrected chi connectivity index (χ1v) is 8.91. The van der Waals surface area contributed by atoms with Crippen LogP contribution in [0.15, 0.2) is 36.5 Å². The maximum Gasteiger partial charge on any atom is 0.254 e. The highest BCUT2D eigenvalue weighted by atomic mass is 16.1. The molecule has 3 rings (SSSR count). The number of likely N-dealkylation sites (N-methyl/N-ethyl adjacent to an activating group) is 1. The number of aryl methyl sites for hydroxylation is 1. The number of nitrogens with one attached hydrogen (secondary N) is 2. The normalized spacial score (nSPS) is 19.0. The molecule has 25 heavy (non-hydrogen) atoms. The maximum atomic E-state index is 12.1. The van der Waals surface area contributed by atoms with Crippen LogP contribution in [0, 0.1) is 6.92 Å². The van der Waals surface area contributed by atoms with Crippen LogP contribution in [0.2, 0.25) is 0 Å². The van der Waals surface area contributed by atoms with E-state index in [1.807, 2.05) is 6.92 Å². The number of hydrogen-bond donors (Lipinski definition) is 2. The second-order valence-electron chi connectivity index (χ2n) is 6.74. The van der Waals surface area contributed by atoms with Crippen LogP contribution in [-0.2, 0) is 0 Å². The summed E-state index contributed by atoms with van der Waals surface area (Å²) in [5, 5.41) is 9.69. The summed E-state index contributed by atoms with van der Waals surface area (Å²) >= 11 is 0. The van der Waals surface area contributed by atoms with Gasteiger partial charge in [0.1, 0.15) is 0 Å². The van der Waals surface area contributed by atoms with E-state index in [9.17, 15) is 4.79 Å². The smallest absolute Gasteiger partial charge is 0.254 e. The Morgan fingerprint density at radius 1 is 1.32 bits per heavy atom. The Hall–Kier alpha value is -2.18. The van der Waals surface area contributed by atoms with Crippen molar-refractivity contribution in [3.05, 3.63) is 53.3 Å². The number of H-pyrrole nitrogens is 1. The molecule has 134 valence electrons. The van der Waals surface area contributed by atoms with E-state index < -0.39 is 0 Å². The lowest BCUT2D eigenvalue weighted by atomic mass is 10.0. The largest absolute Gasteiger partial charge is 0.352 e. The molecule has 1 amide bonds. The van der Waals surface area contributed by atoms with Crippen LogP contribution in [-0.4, -0.2) is 65.7 Å². The standard InChI is InChI=1S/C19H27N5O/c1-15-17(13-21-22-15)19(25)20-9-6-10-24-12-11-23(2)14-18(24)16-7-4-3-5-8-16/h3-5,7-8,13,18H,6,9-12,14H2,1-2H3,(H,20,25)(H,21,22)/t18-/m1/s1. The zero-order valence-electron chi connectivity index (χ0n) is 15.0. The highest BCUT2D eigenvalue weighted by Crippen LogP contribution is 2.24. The number of nitrogens with zero attached hydrogens (tertiary/aromatic N) is 3. The molecule has 6 heteroatoms. The first-order valence-electron chi connectivity index (χ1n) is 8.91. The molecule has 1 fully saturated rings. The van der Waals surface area contributed by atoms with Gasteiger partial charge in [-0.1, -0.05) is 30.3 Å². The average Bonchev–Trinajstić information content (AvgIpc) is 3.06. The Morgan fingerprint density at radius 3 is 2.84 bits per heavy atom. The fourth-order valence-electron chi connectivity index (χ4n) is 3.37. The minimum Gasteiger partial charge on any atom is -0.352 e. The highest BCUT2D eigenvalue weighted by Gasteiger charge is 2.25. The van der Waals surface area contributed by atoms with Gasteiger partial charge >= 0.3 is 0 Å². The van der Waals surface area contributed by atoms with Crippen molar-refractivity contribution in [3.8, 4) is 0 Å². The summed E-state index contributed by atoms with van der Waals surface area (Å²) < 4.78 is 0. The van der Waals surface area contributed by atoms with Crippen molar-refractivity contribution in [2.75, 3.05) is 39.8 Å². The third-order valence-electron chi connectivity index (χ3n) is 4.86. The van der Waals surface area contributed by atoms with Crippen LogP contribution >= 0.6 is 0 Å². The number of benzene rings is 1. The molecule has 1 aliphatic rings. The maximum absolute atomic E-state index is 12.1. The van der Waals surface area contributed by atoms with E-state index >= 15 is 0 Å². The van der Waals surface area contributed by atoms with Gasteiger partial charge in [-0.15, -0.1) is 0 Å². The summed E-state index contributed by atoms with van der Waals surface area (Å²) in [7, 11) is 2.18. The summed E-state index contributed by atoms with van der Waals surface area (Å²) in [6, 6.07) is 11.1. The van der Waals surface area contributed by atoms with Gasteiger partial charge in [0, 0.05) is 44.5 Å². The van der Waals surface area contributed by atoms with E-state index in [0.29, 0.717) is 18.2 Å². The van der Waals surface area contributed by atoms with Crippen LogP contribution in [0.4, 0.5) is 0 Å². The molecule has 6 nitrogen and oxygen atoms in total. The van der Waals surface area contributed by atoms with E-state index in [1.54, 1.807) is 6.20 Å². The third kappa shape index (κ3) is 4.46. The van der Waals surface area contributed by atoms with Gasteiger partial charge in [0.25, 0.3) is 5.91 Å². The summed E-state index contributed by atoms with van der Waals surface area (Å²) in [6.07, 6.45) is 2.52. The van der Waals surface area contributed by atoms with Gasteiger partial charge in [0.15, 0.2) is 0 Å². The monoisotopic (exact) mass is 341 g/mol. The van der Waals surface area contributed by atoms with E-state index in [4.69, 9.17) is 0 Å². The quantitative estimate of drug-likeness (QED) is 0.787. The molecule has 1 saturated heterocycles. The van der Waals surface area contributed by atoms with E-state index in [0.717, 1.165) is 38.3 Å². The van der Waals surface area contributed by atoms with Crippen LogP contribution in [0.3, 0.4) is 0 Å². The molecule has 0 saturated carbocycles. The number of carbonyl (C=O) groups is 1. The van der Waals surface area contributed by atoms with Crippen LogP contribution in [0.25, 0.3) is 0 Å². The number of aromatic amines is 1. The molecule has 2 heterocycles. The third-order valence-corrected chi connectivity index (χ3v) is 4.86. The van der Waals surface area contributed by atoms with Gasteiger partial charge < -0.3 is 10.2 Å². The molecular weight excluding hydrogens is 314 g/mol. The summed E-state index contributed by atoms with van der Waals surface area (Å²) in [4.78, 5) is 17.0. The first kappa shape index (κ1) is 17.6. The summed E-state index contributed by atoms with van der Waals surface area (Å²) in [5.41, 5.74) is 2.80. The lowest BCUT2D eigenvalue weighted by molar-refractivity contribution is 0.0865. The predicted molar refractivity (Wildman–Crippen MR) is 98.5 cm³/mol. The predicted octanol–water partition coefficient (Wildman–Crippen LogP) is 1.83. The minimum atomic E-state index is -0.0516. The molecule has 0 aliphatic carbocycles. The number of rotatable bonds is 6. The topological polar surface area (TPSA) is 64.3 Å².